The second-order valence-electron chi connectivity index (χ2n) is 6.07. The van der Waals surface area contributed by atoms with Crippen LogP contribution in [0.3, 0.4) is 0 Å². The molecule has 4 rings (SSSR count). The maximum Gasteiger partial charge on any atom is 0.248 e. The molecule has 1 aliphatic rings. The van der Waals surface area contributed by atoms with Gasteiger partial charge in [-0.3, -0.25) is 0 Å². The molecule has 0 unspecified atom stereocenters. The molecular formula is C16H18N4O3S. The Hall–Kier alpha value is -2.19. The minimum absolute atomic E-state index is 0.164. The van der Waals surface area contributed by atoms with Gasteiger partial charge in [-0.1, -0.05) is 5.16 Å². The topological polar surface area (TPSA) is 92.1 Å². The molecule has 0 aliphatic carbocycles. The second kappa shape index (κ2) is 5.71. The van der Waals surface area contributed by atoms with Crippen molar-refractivity contribution in [2.75, 3.05) is 13.1 Å². The Morgan fingerprint density at radius 3 is 2.83 bits per heavy atom. The Balaban J connectivity index is 1.54. The fourth-order valence-electron chi connectivity index (χ4n) is 3.40. The Bertz CT molecular complexity index is 968. The highest BCUT2D eigenvalue weighted by molar-refractivity contribution is 7.89. The highest BCUT2D eigenvalue weighted by Crippen LogP contribution is 2.34. The number of sulfonamides is 1. The fraction of sp³-hybridized carbons (Fsp3) is 0.375. The van der Waals surface area contributed by atoms with Crippen molar-refractivity contribution in [2.24, 2.45) is 0 Å². The van der Waals surface area contributed by atoms with Crippen LogP contribution in [0.1, 0.15) is 30.1 Å². The summed E-state index contributed by atoms with van der Waals surface area (Å²) < 4.78 is 31.8. The molecule has 0 radical (unpaired) electrons. The third kappa shape index (κ3) is 2.42. The zero-order valence-corrected chi connectivity index (χ0v) is 14.1. The van der Waals surface area contributed by atoms with Crippen LogP contribution in [0.15, 0.2) is 40.1 Å². The highest BCUT2D eigenvalue weighted by Gasteiger charge is 2.33. The van der Waals surface area contributed by atoms with E-state index in [4.69, 9.17) is 4.52 Å². The number of hydrogen-bond donors (Lipinski definition) is 1. The Kier molecular flexibility index (Phi) is 3.65. The van der Waals surface area contributed by atoms with Crippen molar-refractivity contribution < 1.29 is 12.9 Å². The summed E-state index contributed by atoms with van der Waals surface area (Å²) in [6.45, 7) is 2.60. The third-order valence-electron chi connectivity index (χ3n) is 4.70. The number of aromatic nitrogens is 3. The number of hydrogen-bond acceptors (Lipinski definition) is 5. The number of piperidine rings is 1. The lowest BCUT2D eigenvalue weighted by Gasteiger charge is -2.30. The summed E-state index contributed by atoms with van der Waals surface area (Å²) in [6.07, 6.45) is 6.61. The third-order valence-corrected chi connectivity index (χ3v) is 6.69. The molecule has 1 fully saturated rings. The van der Waals surface area contributed by atoms with Gasteiger partial charge in [0.15, 0.2) is 5.76 Å². The van der Waals surface area contributed by atoms with Crippen LogP contribution >= 0.6 is 0 Å². The lowest BCUT2D eigenvalue weighted by Crippen LogP contribution is -2.38. The summed E-state index contributed by atoms with van der Waals surface area (Å²) in [5, 5.41) is 4.70. The van der Waals surface area contributed by atoms with E-state index in [1.165, 1.54) is 16.1 Å². The summed E-state index contributed by atoms with van der Waals surface area (Å²) in [6, 6.07) is 3.98. The maximum atomic E-state index is 12.7. The normalized spacial score (nSPS) is 17.5. The molecule has 1 aliphatic heterocycles. The molecule has 0 saturated carbocycles. The number of fused-ring (bicyclic) bond motifs is 1. The minimum atomic E-state index is -3.53. The zero-order valence-electron chi connectivity index (χ0n) is 13.3. The predicted octanol–water partition coefficient (Wildman–Crippen LogP) is 2.43. The Labute approximate surface area is 139 Å². The average molecular weight is 346 g/mol. The van der Waals surface area contributed by atoms with Gasteiger partial charge in [0.05, 0.1) is 6.20 Å². The van der Waals surface area contributed by atoms with E-state index in [9.17, 15) is 8.42 Å². The number of nitrogens with one attached hydrogen (secondary N) is 1. The molecule has 3 aromatic rings. The Morgan fingerprint density at radius 2 is 2.12 bits per heavy atom. The Morgan fingerprint density at radius 1 is 1.33 bits per heavy atom. The second-order valence-corrected chi connectivity index (χ2v) is 7.97. The molecule has 4 heterocycles. The van der Waals surface area contributed by atoms with Crippen LogP contribution < -0.4 is 0 Å². The predicted molar refractivity (Wildman–Crippen MR) is 88.1 cm³/mol. The molecule has 0 aromatic carbocycles. The SMILES string of the molecule is Cc1oncc1S(=O)(=O)N1CCC(c2c[nH]c3ncccc23)CC1. The number of nitrogens with zero attached hydrogens (tertiary/aromatic N) is 3. The van der Waals surface area contributed by atoms with Crippen molar-refractivity contribution in [3.8, 4) is 0 Å². The number of H-pyrrole nitrogens is 1. The van der Waals surface area contributed by atoms with Gasteiger partial charge >= 0.3 is 0 Å². The van der Waals surface area contributed by atoms with Crippen LogP contribution in [0.4, 0.5) is 0 Å². The molecule has 8 heteroatoms. The van der Waals surface area contributed by atoms with Crippen LogP contribution in [-0.2, 0) is 10.0 Å². The van der Waals surface area contributed by atoms with Crippen molar-refractivity contribution >= 4 is 21.1 Å². The van der Waals surface area contributed by atoms with Crippen molar-refractivity contribution in [3.05, 3.63) is 42.0 Å². The van der Waals surface area contributed by atoms with Crippen LogP contribution in [0.25, 0.3) is 11.0 Å². The van der Waals surface area contributed by atoms with Crippen molar-refractivity contribution in [3.63, 3.8) is 0 Å². The largest absolute Gasteiger partial charge is 0.360 e. The lowest BCUT2D eigenvalue weighted by atomic mass is 9.90. The van der Waals surface area contributed by atoms with Gasteiger partial charge in [-0.2, -0.15) is 4.31 Å². The maximum absolute atomic E-state index is 12.7. The van der Waals surface area contributed by atoms with Gasteiger partial charge in [0.1, 0.15) is 10.5 Å². The number of aryl methyl sites for hydroxylation is 1. The molecule has 0 bridgehead atoms. The summed E-state index contributed by atoms with van der Waals surface area (Å²) in [7, 11) is -3.53. The van der Waals surface area contributed by atoms with Crippen molar-refractivity contribution in [2.45, 2.75) is 30.6 Å². The molecule has 7 nitrogen and oxygen atoms in total. The summed E-state index contributed by atoms with van der Waals surface area (Å²) in [5.41, 5.74) is 2.10. The van der Waals surface area contributed by atoms with Crippen LogP contribution in [0.5, 0.6) is 0 Å². The van der Waals surface area contributed by atoms with Crippen LogP contribution in [0, 0.1) is 6.92 Å². The van der Waals surface area contributed by atoms with E-state index in [-0.39, 0.29) is 4.90 Å². The zero-order chi connectivity index (χ0) is 16.7. The molecule has 3 aromatic heterocycles. The highest BCUT2D eigenvalue weighted by atomic mass is 32.2. The van der Waals surface area contributed by atoms with Crippen LogP contribution in [0.2, 0.25) is 0 Å². The van der Waals surface area contributed by atoms with E-state index in [1.54, 1.807) is 13.1 Å². The van der Waals surface area contributed by atoms with Gasteiger partial charge in [-0.25, -0.2) is 13.4 Å². The molecule has 0 amide bonds. The first-order chi connectivity index (χ1) is 11.6. The van der Waals surface area contributed by atoms with Gasteiger partial charge in [-0.15, -0.1) is 0 Å². The van der Waals surface area contributed by atoms with E-state index in [1.807, 2.05) is 12.3 Å². The first-order valence-electron chi connectivity index (χ1n) is 7.91. The van der Waals surface area contributed by atoms with Crippen LogP contribution in [-0.4, -0.2) is 40.9 Å². The molecule has 0 spiro atoms. The number of aromatic amines is 1. The first kappa shape index (κ1) is 15.3. The molecular weight excluding hydrogens is 328 g/mol. The summed E-state index contributed by atoms with van der Waals surface area (Å²) in [4.78, 5) is 7.67. The van der Waals surface area contributed by atoms with E-state index in [2.05, 4.69) is 21.2 Å². The van der Waals surface area contributed by atoms with Gasteiger partial charge in [0, 0.05) is 30.9 Å². The molecule has 1 N–H and O–H groups in total. The van der Waals surface area contributed by atoms with Gasteiger partial charge in [-0.05, 0) is 43.4 Å². The average Bonchev–Trinajstić information content (AvgIpc) is 3.21. The quantitative estimate of drug-likeness (QED) is 0.786. The van der Waals surface area contributed by atoms with Crippen molar-refractivity contribution in [1.82, 2.24) is 19.4 Å². The first-order valence-corrected chi connectivity index (χ1v) is 9.35. The van der Waals surface area contributed by atoms with E-state index >= 15 is 0 Å². The monoisotopic (exact) mass is 346 g/mol. The van der Waals surface area contributed by atoms with Gasteiger partial charge < -0.3 is 9.51 Å². The van der Waals surface area contributed by atoms with E-state index in [0.29, 0.717) is 24.8 Å². The summed E-state index contributed by atoms with van der Waals surface area (Å²) in [5.74, 6) is 0.665. The number of rotatable bonds is 3. The standard InChI is InChI=1S/C16H18N4O3S/c1-11-15(10-19-23-11)24(21,22)20-7-4-12(5-8-20)14-9-18-16-13(14)3-2-6-17-16/h2-3,6,9-10,12H,4-5,7-8H2,1H3,(H,17,18). The lowest BCUT2D eigenvalue weighted by molar-refractivity contribution is 0.319. The van der Waals surface area contributed by atoms with Gasteiger partial charge in [0.2, 0.25) is 10.0 Å². The van der Waals surface area contributed by atoms with Crippen molar-refractivity contribution in [1.29, 1.82) is 0 Å². The molecule has 24 heavy (non-hydrogen) atoms. The molecule has 126 valence electrons. The van der Waals surface area contributed by atoms with Gasteiger partial charge in [0.25, 0.3) is 0 Å². The summed E-state index contributed by atoms with van der Waals surface area (Å²) >= 11 is 0. The molecule has 1 saturated heterocycles. The molecule has 0 atom stereocenters. The van der Waals surface area contributed by atoms with E-state index < -0.39 is 10.0 Å². The van der Waals surface area contributed by atoms with E-state index in [0.717, 1.165) is 23.9 Å². The number of pyridine rings is 1. The smallest absolute Gasteiger partial charge is 0.248 e. The minimum Gasteiger partial charge on any atom is -0.360 e. The fourth-order valence-corrected chi connectivity index (χ4v) is 4.95.